The summed E-state index contributed by atoms with van der Waals surface area (Å²) in [6.07, 6.45) is 3.13. The molecule has 0 aliphatic rings. The van der Waals surface area contributed by atoms with Crippen molar-refractivity contribution >= 4 is 5.69 Å². The Morgan fingerprint density at radius 1 is 1.32 bits per heavy atom. The minimum atomic E-state index is 0.0645. The van der Waals surface area contributed by atoms with Gasteiger partial charge in [-0.25, -0.2) is 0 Å². The van der Waals surface area contributed by atoms with E-state index in [1.807, 2.05) is 24.4 Å². The Hall–Kier alpha value is -1.97. The Bertz CT molecular complexity index is 598. The van der Waals surface area contributed by atoms with Crippen LogP contribution in [0, 0.1) is 0 Å². The van der Waals surface area contributed by atoms with E-state index in [1.165, 1.54) is 11.3 Å². The standard InChI is InChI=1S/C18H27N3O/c1-6-13(2)22-16-9-7-8-15(10-16)19-11-14-12-20-21-17(14)18(3,4)5/h7-10,12-13,19H,6,11H2,1-5H3,(H,20,21). The Labute approximate surface area is 133 Å². The van der Waals surface area contributed by atoms with E-state index in [9.17, 15) is 0 Å². The lowest BCUT2D eigenvalue weighted by Crippen LogP contribution is -2.15. The van der Waals surface area contributed by atoms with E-state index < -0.39 is 0 Å². The van der Waals surface area contributed by atoms with Crippen LogP contribution in [0.4, 0.5) is 5.69 Å². The highest BCUT2D eigenvalue weighted by atomic mass is 16.5. The lowest BCUT2D eigenvalue weighted by atomic mass is 9.89. The van der Waals surface area contributed by atoms with Gasteiger partial charge in [0, 0.05) is 35.0 Å². The second-order valence-corrected chi connectivity index (χ2v) is 6.74. The minimum absolute atomic E-state index is 0.0645. The molecule has 1 unspecified atom stereocenters. The van der Waals surface area contributed by atoms with Crippen LogP contribution in [-0.2, 0) is 12.0 Å². The first-order valence-electron chi connectivity index (χ1n) is 7.93. The van der Waals surface area contributed by atoms with E-state index in [1.54, 1.807) is 0 Å². The van der Waals surface area contributed by atoms with Crippen molar-refractivity contribution in [3.05, 3.63) is 41.7 Å². The van der Waals surface area contributed by atoms with Crippen molar-refractivity contribution in [2.24, 2.45) is 0 Å². The minimum Gasteiger partial charge on any atom is -0.491 e. The number of ether oxygens (including phenoxy) is 1. The zero-order chi connectivity index (χ0) is 16.2. The monoisotopic (exact) mass is 301 g/mol. The molecule has 0 spiro atoms. The molecule has 4 heteroatoms. The van der Waals surface area contributed by atoms with Gasteiger partial charge in [-0.1, -0.05) is 33.8 Å². The molecular weight excluding hydrogens is 274 g/mol. The second-order valence-electron chi connectivity index (χ2n) is 6.74. The normalized spacial score (nSPS) is 13.0. The largest absolute Gasteiger partial charge is 0.491 e. The molecule has 0 radical (unpaired) electrons. The van der Waals surface area contributed by atoms with Crippen LogP contribution in [-0.4, -0.2) is 16.3 Å². The predicted molar refractivity (Wildman–Crippen MR) is 91.4 cm³/mol. The third-order valence-corrected chi connectivity index (χ3v) is 3.70. The first-order chi connectivity index (χ1) is 10.4. The molecule has 0 bridgehead atoms. The average molecular weight is 301 g/mol. The SMILES string of the molecule is CCC(C)Oc1cccc(NCc2cn[nH]c2C(C)(C)C)c1. The Morgan fingerprint density at radius 2 is 2.09 bits per heavy atom. The fourth-order valence-corrected chi connectivity index (χ4v) is 2.29. The molecule has 1 aromatic carbocycles. The van der Waals surface area contributed by atoms with Gasteiger partial charge in [-0.15, -0.1) is 0 Å². The second kappa shape index (κ2) is 6.86. The quantitative estimate of drug-likeness (QED) is 0.826. The van der Waals surface area contributed by atoms with Crippen molar-refractivity contribution < 1.29 is 4.74 Å². The van der Waals surface area contributed by atoms with E-state index >= 15 is 0 Å². The van der Waals surface area contributed by atoms with Gasteiger partial charge in [0.25, 0.3) is 0 Å². The molecular formula is C18H27N3O. The maximum atomic E-state index is 5.86. The summed E-state index contributed by atoms with van der Waals surface area (Å²) in [5.41, 5.74) is 3.49. The van der Waals surface area contributed by atoms with Crippen molar-refractivity contribution in [2.45, 2.75) is 59.1 Å². The molecule has 4 nitrogen and oxygen atoms in total. The molecule has 0 fully saturated rings. The lowest BCUT2D eigenvalue weighted by Gasteiger charge is -2.19. The summed E-state index contributed by atoms with van der Waals surface area (Å²) in [4.78, 5) is 0. The molecule has 1 heterocycles. The molecule has 0 saturated heterocycles. The summed E-state index contributed by atoms with van der Waals surface area (Å²) in [6, 6.07) is 8.11. The van der Waals surface area contributed by atoms with Gasteiger partial charge in [-0.3, -0.25) is 5.10 Å². The summed E-state index contributed by atoms with van der Waals surface area (Å²) in [6.45, 7) is 11.5. The Morgan fingerprint density at radius 3 is 2.77 bits per heavy atom. The third kappa shape index (κ3) is 4.26. The molecule has 0 saturated carbocycles. The van der Waals surface area contributed by atoms with Gasteiger partial charge < -0.3 is 10.1 Å². The van der Waals surface area contributed by atoms with Crippen molar-refractivity contribution in [3.63, 3.8) is 0 Å². The molecule has 2 N–H and O–H groups in total. The van der Waals surface area contributed by atoms with E-state index in [2.05, 4.69) is 56.2 Å². The number of nitrogens with zero attached hydrogens (tertiary/aromatic N) is 1. The smallest absolute Gasteiger partial charge is 0.121 e. The maximum Gasteiger partial charge on any atom is 0.121 e. The number of aromatic nitrogens is 2. The van der Waals surface area contributed by atoms with Gasteiger partial charge in [0.05, 0.1) is 12.3 Å². The van der Waals surface area contributed by atoms with Crippen LogP contribution in [0.15, 0.2) is 30.5 Å². The highest BCUT2D eigenvalue weighted by Gasteiger charge is 2.19. The number of hydrogen-bond acceptors (Lipinski definition) is 3. The van der Waals surface area contributed by atoms with E-state index in [0.29, 0.717) is 0 Å². The van der Waals surface area contributed by atoms with Gasteiger partial charge in [0.1, 0.15) is 5.75 Å². The molecule has 2 rings (SSSR count). The molecule has 120 valence electrons. The fourth-order valence-electron chi connectivity index (χ4n) is 2.29. The van der Waals surface area contributed by atoms with Crippen LogP contribution >= 0.6 is 0 Å². The maximum absolute atomic E-state index is 5.86. The zero-order valence-electron chi connectivity index (χ0n) is 14.2. The number of anilines is 1. The number of H-pyrrole nitrogens is 1. The van der Waals surface area contributed by atoms with Crippen LogP contribution < -0.4 is 10.1 Å². The van der Waals surface area contributed by atoms with Crippen LogP contribution in [0.2, 0.25) is 0 Å². The molecule has 0 aliphatic heterocycles. The molecule has 2 aromatic rings. The average Bonchev–Trinajstić information content (AvgIpc) is 2.94. The highest BCUT2D eigenvalue weighted by Crippen LogP contribution is 2.25. The van der Waals surface area contributed by atoms with Gasteiger partial charge in [-0.2, -0.15) is 5.10 Å². The van der Waals surface area contributed by atoms with Crippen LogP contribution in [0.1, 0.15) is 52.3 Å². The van der Waals surface area contributed by atoms with E-state index in [-0.39, 0.29) is 11.5 Å². The Kier molecular flexibility index (Phi) is 5.11. The van der Waals surface area contributed by atoms with Crippen molar-refractivity contribution in [1.82, 2.24) is 10.2 Å². The van der Waals surface area contributed by atoms with Gasteiger partial charge in [0.15, 0.2) is 0 Å². The van der Waals surface area contributed by atoms with Crippen LogP contribution in [0.3, 0.4) is 0 Å². The van der Waals surface area contributed by atoms with Crippen molar-refractivity contribution in [2.75, 3.05) is 5.32 Å². The zero-order valence-corrected chi connectivity index (χ0v) is 14.2. The van der Waals surface area contributed by atoms with E-state index in [0.717, 1.165) is 24.4 Å². The summed E-state index contributed by atoms with van der Waals surface area (Å²) in [5, 5.41) is 10.7. The van der Waals surface area contributed by atoms with E-state index in [4.69, 9.17) is 4.74 Å². The molecule has 0 aliphatic carbocycles. The molecule has 22 heavy (non-hydrogen) atoms. The Balaban J connectivity index is 2.03. The highest BCUT2D eigenvalue weighted by molar-refractivity contribution is 5.48. The van der Waals surface area contributed by atoms with Crippen molar-refractivity contribution in [1.29, 1.82) is 0 Å². The first-order valence-corrected chi connectivity index (χ1v) is 7.93. The lowest BCUT2D eigenvalue weighted by molar-refractivity contribution is 0.217. The summed E-state index contributed by atoms with van der Waals surface area (Å²) >= 11 is 0. The van der Waals surface area contributed by atoms with Gasteiger partial charge in [-0.05, 0) is 25.5 Å². The van der Waals surface area contributed by atoms with Gasteiger partial charge in [0.2, 0.25) is 0 Å². The third-order valence-electron chi connectivity index (χ3n) is 3.70. The number of hydrogen-bond donors (Lipinski definition) is 2. The topological polar surface area (TPSA) is 49.9 Å². The number of rotatable bonds is 6. The summed E-state index contributed by atoms with van der Waals surface area (Å²) in [7, 11) is 0. The van der Waals surface area contributed by atoms with Crippen LogP contribution in [0.25, 0.3) is 0 Å². The van der Waals surface area contributed by atoms with Crippen LogP contribution in [0.5, 0.6) is 5.75 Å². The number of aromatic amines is 1. The summed E-state index contributed by atoms with van der Waals surface area (Å²) < 4.78 is 5.86. The number of nitrogens with one attached hydrogen (secondary N) is 2. The van der Waals surface area contributed by atoms with Gasteiger partial charge >= 0.3 is 0 Å². The summed E-state index contributed by atoms with van der Waals surface area (Å²) in [5.74, 6) is 0.905. The molecule has 1 aromatic heterocycles. The number of benzene rings is 1. The molecule has 0 amide bonds. The first kappa shape index (κ1) is 16.4. The predicted octanol–water partition coefficient (Wildman–Crippen LogP) is 4.50. The van der Waals surface area contributed by atoms with Crippen molar-refractivity contribution in [3.8, 4) is 5.75 Å². The molecule has 1 atom stereocenters. The fraction of sp³-hybridized carbons (Fsp3) is 0.500.